The minimum atomic E-state index is -0.437. The number of fused-ring (bicyclic) bond motifs is 1. The van der Waals surface area contributed by atoms with Crippen molar-refractivity contribution in [3.63, 3.8) is 0 Å². The maximum Gasteiger partial charge on any atom is 0.348 e. The Hall–Kier alpha value is -3.07. The highest BCUT2D eigenvalue weighted by Crippen LogP contribution is 2.27. The molecule has 2 heterocycles. The average Bonchev–Trinajstić information content (AvgIpc) is 2.98. The van der Waals surface area contributed by atoms with Crippen LogP contribution in [0, 0.1) is 6.92 Å². The lowest BCUT2D eigenvalue weighted by molar-refractivity contribution is -0.117. The van der Waals surface area contributed by atoms with Crippen LogP contribution in [0.4, 0.5) is 5.00 Å². The van der Waals surface area contributed by atoms with E-state index in [0.29, 0.717) is 26.3 Å². The van der Waals surface area contributed by atoms with Crippen LogP contribution in [-0.2, 0) is 16.1 Å². The molecule has 1 aromatic carbocycles. The van der Waals surface area contributed by atoms with Crippen molar-refractivity contribution < 1.29 is 14.3 Å². The normalized spacial score (nSPS) is 10.7. The fourth-order valence-electron chi connectivity index (χ4n) is 2.38. The van der Waals surface area contributed by atoms with Crippen LogP contribution in [0.2, 0.25) is 0 Å². The van der Waals surface area contributed by atoms with Crippen LogP contribution in [0.15, 0.2) is 35.1 Å². The van der Waals surface area contributed by atoms with Gasteiger partial charge in [0.25, 0.3) is 5.56 Å². The summed E-state index contributed by atoms with van der Waals surface area (Å²) >= 11 is 1.12. The summed E-state index contributed by atoms with van der Waals surface area (Å²) in [5.41, 5.74) is 0.800. The Bertz CT molecular complexity index is 1040. The van der Waals surface area contributed by atoms with Crippen molar-refractivity contribution in [1.82, 2.24) is 15.0 Å². The third-order valence-corrected chi connectivity index (χ3v) is 4.70. The van der Waals surface area contributed by atoms with Gasteiger partial charge in [-0.15, -0.1) is 16.4 Å². The van der Waals surface area contributed by atoms with Gasteiger partial charge in [-0.3, -0.25) is 9.59 Å². The fraction of sp³-hybridized carbons (Fsp3) is 0.235. The molecule has 0 aliphatic carbocycles. The van der Waals surface area contributed by atoms with E-state index in [-0.39, 0.29) is 18.7 Å². The third-order valence-electron chi connectivity index (χ3n) is 3.56. The number of carbonyl (C=O) groups is 2. The summed E-state index contributed by atoms with van der Waals surface area (Å²) in [7, 11) is 0. The molecule has 2 aromatic heterocycles. The molecule has 0 atom stereocenters. The second-order valence-corrected chi connectivity index (χ2v) is 6.51. The van der Waals surface area contributed by atoms with Gasteiger partial charge in [0, 0.05) is 0 Å². The van der Waals surface area contributed by atoms with Crippen molar-refractivity contribution in [1.29, 1.82) is 0 Å². The number of anilines is 1. The molecule has 0 aliphatic heterocycles. The molecule has 0 aliphatic rings. The predicted molar refractivity (Wildman–Crippen MR) is 97.4 cm³/mol. The molecular weight excluding hydrogens is 356 g/mol. The molecule has 0 saturated heterocycles. The minimum Gasteiger partial charge on any atom is -0.462 e. The molecule has 0 fully saturated rings. The quantitative estimate of drug-likeness (QED) is 0.687. The van der Waals surface area contributed by atoms with Gasteiger partial charge in [-0.1, -0.05) is 17.3 Å². The van der Waals surface area contributed by atoms with Crippen molar-refractivity contribution in [2.75, 3.05) is 11.9 Å². The smallest absolute Gasteiger partial charge is 0.348 e. The average molecular weight is 372 g/mol. The Morgan fingerprint density at radius 2 is 2.08 bits per heavy atom. The zero-order valence-corrected chi connectivity index (χ0v) is 15.0. The van der Waals surface area contributed by atoms with Crippen LogP contribution < -0.4 is 10.9 Å². The SMILES string of the molecule is CCOC(=O)c1sc(NC(=O)Cn2nnc3ccccc3c2=O)cc1C. The Balaban J connectivity index is 1.76. The zero-order chi connectivity index (χ0) is 18.7. The number of amides is 1. The number of aryl methyl sites for hydroxylation is 1. The summed E-state index contributed by atoms with van der Waals surface area (Å²) in [6.45, 7) is 3.49. The molecule has 0 radical (unpaired) electrons. The van der Waals surface area contributed by atoms with E-state index in [1.165, 1.54) is 0 Å². The number of benzene rings is 1. The number of ether oxygens (including phenoxy) is 1. The number of hydrogen-bond acceptors (Lipinski definition) is 7. The van der Waals surface area contributed by atoms with Crippen molar-refractivity contribution >= 4 is 39.1 Å². The van der Waals surface area contributed by atoms with Crippen LogP contribution in [0.1, 0.15) is 22.2 Å². The number of aromatic nitrogens is 3. The Kier molecular flexibility index (Phi) is 5.08. The van der Waals surface area contributed by atoms with Crippen molar-refractivity contribution in [3.8, 4) is 0 Å². The van der Waals surface area contributed by atoms with Gasteiger partial charge in [0.15, 0.2) is 0 Å². The molecule has 26 heavy (non-hydrogen) atoms. The molecule has 0 saturated carbocycles. The first-order valence-corrected chi connectivity index (χ1v) is 8.71. The molecule has 0 bridgehead atoms. The van der Waals surface area contributed by atoms with E-state index < -0.39 is 11.9 Å². The first-order valence-electron chi connectivity index (χ1n) is 7.89. The molecular formula is C17H16N4O4S. The van der Waals surface area contributed by atoms with Crippen LogP contribution in [0.25, 0.3) is 10.9 Å². The second kappa shape index (κ2) is 7.44. The lowest BCUT2D eigenvalue weighted by Gasteiger charge is -2.05. The van der Waals surface area contributed by atoms with E-state index >= 15 is 0 Å². The molecule has 1 N–H and O–H groups in total. The molecule has 134 valence electrons. The van der Waals surface area contributed by atoms with E-state index in [1.807, 2.05) is 0 Å². The second-order valence-electron chi connectivity index (χ2n) is 5.46. The lowest BCUT2D eigenvalue weighted by Crippen LogP contribution is -2.30. The van der Waals surface area contributed by atoms with Crippen molar-refractivity contribution in [2.24, 2.45) is 0 Å². The summed E-state index contributed by atoms with van der Waals surface area (Å²) in [5, 5.41) is 11.3. The van der Waals surface area contributed by atoms with Gasteiger partial charge < -0.3 is 10.1 Å². The standard InChI is InChI=1S/C17H16N4O4S/c1-3-25-17(24)15-10(2)8-14(26-15)18-13(22)9-21-16(23)11-6-4-5-7-12(11)19-20-21/h4-8H,3,9H2,1-2H3,(H,18,22). The first kappa shape index (κ1) is 17.7. The number of carbonyl (C=O) groups excluding carboxylic acids is 2. The molecule has 3 rings (SSSR count). The van der Waals surface area contributed by atoms with Gasteiger partial charge in [0.05, 0.1) is 17.0 Å². The number of rotatable bonds is 5. The molecule has 3 aromatic rings. The molecule has 0 spiro atoms. The Morgan fingerprint density at radius 1 is 1.31 bits per heavy atom. The maximum atomic E-state index is 12.4. The predicted octanol–water partition coefficient (Wildman–Crippen LogP) is 1.98. The Morgan fingerprint density at radius 3 is 2.85 bits per heavy atom. The highest BCUT2D eigenvalue weighted by atomic mass is 32.1. The van der Waals surface area contributed by atoms with E-state index in [1.54, 1.807) is 44.2 Å². The molecule has 1 amide bonds. The van der Waals surface area contributed by atoms with Crippen molar-refractivity contribution in [2.45, 2.75) is 20.4 Å². The van der Waals surface area contributed by atoms with E-state index in [4.69, 9.17) is 4.74 Å². The van der Waals surface area contributed by atoms with E-state index in [9.17, 15) is 14.4 Å². The van der Waals surface area contributed by atoms with Crippen molar-refractivity contribution in [3.05, 3.63) is 51.1 Å². The van der Waals surface area contributed by atoms with Gasteiger partial charge >= 0.3 is 5.97 Å². The minimum absolute atomic E-state index is 0.275. The topological polar surface area (TPSA) is 103 Å². The number of thiophene rings is 1. The summed E-state index contributed by atoms with van der Waals surface area (Å²) in [6, 6.07) is 8.48. The van der Waals surface area contributed by atoms with Crippen LogP contribution in [0.3, 0.4) is 0 Å². The number of esters is 1. The lowest BCUT2D eigenvalue weighted by atomic mass is 10.2. The highest BCUT2D eigenvalue weighted by Gasteiger charge is 2.16. The van der Waals surface area contributed by atoms with Crippen LogP contribution in [0.5, 0.6) is 0 Å². The zero-order valence-electron chi connectivity index (χ0n) is 14.2. The summed E-state index contributed by atoms with van der Waals surface area (Å²) < 4.78 is 5.98. The number of hydrogen-bond donors (Lipinski definition) is 1. The van der Waals surface area contributed by atoms with Gasteiger partial charge in [0.2, 0.25) is 5.91 Å². The number of nitrogens with one attached hydrogen (secondary N) is 1. The summed E-state index contributed by atoms with van der Waals surface area (Å²) in [5.74, 6) is -0.861. The monoisotopic (exact) mass is 372 g/mol. The maximum absolute atomic E-state index is 12.4. The van der Waals surface area contributed by atoms with Gasteiger partial charge in [-0.2, -0.15) is 0 Å². The molecule has 9 heteroatoms. The van der Waals surface area contributed by atoms with E-state index in [0.717, 1.165) is 16.0 Å². The largest absolute Gasteiger partial charge is 0.462 e. The van der Waals surface area contributed by atoms with E-state index in [2.05, 4.69) is 15.6 Å². The van der Waals surface area contributed by atoms with Crippen LogP contribution in [-0.4, -0.2) is 33.5 Å². The number of nitrogens with zero attached hydrogens (tertiary/aromatic N) is 3. The fourth-order valence-corrected chi connectivity index (χ4v) is 3.37. The molecule has 0 unspecified atom stereocenters. The third kappa shape index (κ3) is 3.62. The Labute approximate surface area is 152 Å². The van der Waals surface area contributed by atoms with Crippen LogP contribution >= 0.6 is 11.3 Å². The van der Waals surface area contributed by atoms with Gasteiger partial charge in [-0.05, 0) is 37.6 Å². The summed E-state index contributed by atoms with van der Waals surface area (Å²) in [6.07, 6.45) is 0. The summed E-state index contributed by atoms with van der Waals surface area (Å²) in [4.78, 5) is 36.9. The van der Waals surface area contributed by atoms with Gasteiger partial charge in [0.1, 0.15) is 16.9 Å². The first-order chi connectivity index (χ1) is 12.5. The molecule has 8 nitrogen and oxygen atoms in total. The van der Waals surface area contributed by atoms with Gasteiger partial charge in [-0.25, -0.2) is 9.48 Å². The highest BCUT2D eigenvalue weighted by molar-refractivity contribution is 7.18.